The van der Waals surface area contributed by atoms with Crippen molar-refractivity contribution in [1.29, 1.82) is 0 Å². The van der Waals surface area contributed by atoms with E-state index in [0.717, 1.165) is 0 Å². The van der Waals surface area contributed by atoms with E-state index in [2.05, 4.69) is 3.53 Å². The molecule has 0 aliphatic heterocycles. The maximum atomic E-state index is 11.2. The molecule has 14 heavy (non-hydrogen) atoms. The lowest BCUT2D eigenvalue weighted by Gasteiger charge is -2.20. The SMILES string of the molecule is CC(C)(C)OC(=O)C[C@H](NI)C(=O)O. The highest BCUT2D eigenvalue weighted by molar-refractivity contribution is 14.1. The number of carbonyl (C=O) groups is 2. The molecule has 1 atom stereocenters. The highest BCUT2D eigenvalue weighted by Gasteiger charge is 2.23. The summed E-state index contributed by atoms with van der Waals surface area (Å²) in [5.74, 6) is -1.58. The van der Waals surface area contributed by atoms with Gasteiger partial charge in [0.2, 0.25) is 0 Å². The Morgan fingerprint density at radius 3 is 2.29 bits per heavy atom. The van der Waals surface area contributed by atoms with Crippen LogP contribution in [0.25, 0.3) is 0 Å². The molecule has 0 aliphatic rings. The molecular weight excluding hydrogens is 301 g/mol. The molecule has 6 heteroatoms. The molecule has 0 saturated carbocycles. The molecule has 2 N–H and O–H groups in total. The van der Waals surface area contributed by atoms with E-state index in [1.165, 1.54) is 0 Å². The van der Waals surface area contributed by atoms with Crippen LogP contribution in [0.5, 0.6) is 0 Å². The first-order valence-electron chi connectivity index (χ1n) is 4.07. The molecule has 82 valence electrons. The largest absolute Gasteiger partial charge is 0.480 e. The number of hydrogen-bond donors (Lipinski definition) is 2. The molecule has 0 spiro atoms. The van der Waals surface area contributed by atoms with E-state index in [0.29, 0.717) is 0 Å². The molecule has 0 radical (unpaired) electrons. The van der Waals surface area contributed by atoms with Crippen LogP contribution in [0.3, 0.4) is 0 Å². The summed E-state index contributed by atoms with van der Waals surface area (Å²) in [5.41, 5.74) is -0.578. The molecule has 0 unspecified atom stereocenters. The predicted molar refractivity (Wildman–Crippen MR) is 59.0 cm³/mol. The van der Waals surface area contributed by atoms with E-state index >= 15 is 0 Å². The number of carboxylic acid groups (broad SMARTS) is 1. The van der Waals surface area contributed by atoms with Gasteiger partial charge in [0.15, 0.2) is 0 Å². The number of ether oxygens (including phenoxy) is 1. The zero-order valence-corrected chi connectivity index (χ0v) is 10.5. The third kappa shape index (κ3) is 6.14. The van der Waals surface area contributed by atoms with Gasteiger partial charge in [-0.15, -0.1) is 0 Å². The van der Waals surface area contributed by atoms with Crippen molar-refractivity contribution >= 4 is 34.8 Å². The minimum Gasteiger partial charge on any atom is -0.480 e. The van der Waals surface area contributed by atoms with Gasteiger partial charge < -0.3 is 9.84 Å². The maximum Gasteiger partial charge on any atom is 0.322 e. The number of carboxylic acids is 1. The number of carbonyl (C=O) groups excluding carboxylic acids is 1. The summed E-state index contributed by atoms with van der Waals surface area (Å²) >= 11 is 1.70. The number of rotatable bonds is 4. The first-order valence-corrected chi connectivity index (χ1v) is 5.15. The minimum absolute atomic E-state index is 0.171. The van der Waals surface area contributed by atoms with Crippen LogP contribution in [-0.2, 0) is 14.3 Å². The first-order chi connectivity index (χ1) is 6.26. The fourth-order valence-corrected chi connectivity index (χ4v) is 1.21. The lowest BCUT2D eigenvalue weighted by molar-refractivity contribution is -0.158. The number of esters is 1. The van der Waals surface area contributed by atoms with E-state index in [1.54, 1.807) is 43.6 Å². The van der Waals surface area contributed by atoms with E-state index in [9.17, 15) is 9.59 Å². The van der Waals surface area contributed by atoms with Crippen LogP contribution in [-0.4, -0.2) is 28.7 Å². The van der Waals surface area contributed by atoms with Gasteiger partial charge in [-0.3, -0.25) is 9.59 Å². The summed E-state index contributed by atoms with van der Waals surface area (Å²) in [6.45, 7) is 5.20. The molecule has 0 heterocycles. The maximum absolute atomic E-state index is 11.2. The van der Waals surface area contributed by atoms with Gasteiger partial charge in [0.05, 0.1) is 6.42 Å². The van der Waals surface area contributed by atoms with Crippen LogP contribution in [0.4, 0.5) is 0 Å². The van der Waals surface area contributed by atoms with Crippen LogP contribution >= 0.6 is 22.9 Å². The number of nitrogens with one attached hydrogen (secondary N) is 1. The molecule has 0 aliphatic carbocycles. The van der Waals surface area contributed by atoms with E-state index < -0.39 is 23.6 Å². The minimum atomic E-state index is -1.06. The van der Waals surface area contributed by atoms with Crippen LogP contribution in [0, 0.1) is 0 Å². The average Bonchev–Trinajstić information content (AvgIpc) is 1.96. The van der Waals surface area contributed by atoms with Gasteiger partial charge in [-0.05, 0) is 20.8 Å². The molecule has 0 aromatic carbocycles. The summed E-state index contributed by atoms with van der Waals surface area (Å²) in [5, 5.41) is 8.65. The molecule has 0 fully saturated rings. The van der Waals surface area contributed by atoms with Crippen molar-refractivity contribution in [3.05, 3.63) is 0 Å². The zero-order valence-electron chi connectivity index (χ0n) is 8.33. The van der Waals surface area contributed by atoms with Crippen molar-refractivity contribution in [2.24, 2.45) is 0 Å². The molecule has 0 rings (SSSR count). The molecule has 0 saturated heterocycles. The van der Waals surface area contributed by atoms with E-state index in [4.69, 9.17) is 9.84 Å². The topological polar surface area (TPSA) is 75.6 Å². The van der Waals surface area contributed by atoms with Gasteiger partial charge in [0, 0.05) is 22.9 Å². The molecule has 0 aromatic rings. The molecule has 0 amide bonds. The van der Waals surface area contributed by atoms with Crippen LogP contribution in [0.1, 0.15) is 27.2 Å². The highest BCUT2D eigenvalue weighted by Crippen LogP contribution is 2.09. The van der Waals surface area contributed by atoms with Crippen molar-refractivity contribution in [1.82, 2.24) is 3.53 Å². The summed E-state index contributed by atoms with van der Waals surface area (Å²) < 4.78 is 7.46. The first kappa shape index (κ1) is 13.6. The second-order valence-electron chi connectivity index (χ2n) is 3.79. The third-order valence-electron chi connectivity index (χ3n) is 1.22. The fourth-order valence-electron chi connectivity index (χ4n) is 0.722. The van der Waals surface area contributed by atoms with Crippen molar-refractivity contribution in [2.75, 3.05) is 0 Å². The van der Waals surface area contributed by atoms with Crippen molar-refractivity contribution in [3.8, 4) is 0 Å². The lowest BCUT2D eigenvalue weighted by Crippen LogP contribution is -2.35. The molecule has 0 bridgehead atoms. The van der Waals surface area contributed by atoms with Crippen LogP contribution in [0.15, 0.2) is 0 Å². The number of halogens is 1. The van der Waals surface area contributed by atoms with Gasteiger partial charge in [0.1, 0.15) is 11.6 Å². The third-order valence-corrected chi connectivity index (χ3v) is 1.97. The van der Waals surface area contributed by atoms with Gasteiger partial charge in [-0.2, -0.15) is 0 Å². The Morgan fingerprint density at radius 2 is 2.00 bits per heavy atom. The molecule has 5 nitrogen and oxygen atoms in total. The lowest BCUT2D eigenvalue weighted by atomic mass is 10.2. The highest BCUT2D eigenvalue weighted by atomic mass is 127. The van der Waals surface area contributed by atoms with Crippen molar-refractivity contribution in [3.63, 3.8) is 0 Å². The van der Waals surface area contributed by atoms with Crippen molar-refractivity contribution in [2.45, 2.75) is 38.8 Å². The molecular formula is C8H14INO4. The van der Waals surface area contributed by atoms with E-state index in [1.807, 2.05) is 0 Å². The Balaban J connectivity index is 4.11. The summed E-state index contributed by atoms with van der Waals surface area (Å²) in [6, 6.07) is -0.898. The molecule has 0 aromatic heterocycles. The number of aliphatic carboxylic acids is 1. The fraction of sp³-hybridized carbons (Fsp3) is 0.750. The van der Waals surface area contributed by atoms with Gasteiger partial charge in [0.25, 0.3) is 0 Å². The zero-order chi connectivity index (χ0) is 11.4. The quantitative estimate of drug-likeness (QED) is 0.462. The van der Waals surface area contributed by atoms with Crippen LogP contribution < -0.4 is 3.53 Å². The van der Waals surface area contributed by atoms with Gasteiger partial charge in [-0.25, -0.2) is 3.53 Å². The number of hydrogen-bond acceptors (Lipinski definition) is 4. The summed E-state index contributed by atoms with van der Waals surface area (Å²) in [4.78, 5) is 21.8. The van der Waals surface area contributed by atoms with Gasteiger partial charge >= 0.3 is 11.9 Å². The second-order valence-corrected chi connectivity index (χ2v) is 4.41. The Labute approximate surface area is 96.7 Å². The van der Waals surface area contributed by atoms with Crippen LogP contribution in [0.2, 0.25) is 0 Å². The van der Waals surface area contributed by atoms with E-state index in [-0.39, 0.29) is 6.42 Å². The Morgan fingerprint density at radius 1 is 1.50 bits per heavy atom. The van der Waals surface area contributed by atoms with Crippen molar-refractivity contribution < 1.29 is 19.4 Å². The predicted octanol–water partition coefficient (Wildman–Crippen LogP) is 1.11. The Bertz CT molecular complexity index is 224. The normalized spacial score (nSPS) is 13.4. The monoisotopic (exact) mass is 315 g/mol. The second kappa shape index (κ2) is 5.50. The standard InChI is InChI=1S/C8H14INO4/c1-8(2,3)14-6(11)4-5(10-9)7(12)13/h5,10H,4H2,1-3H3,(H,12,13)/t5-/m0/s1. The average molecular weight is 315 g/mol. The summed E-state index contributed by atoms with van der Waals surface area (Å²) in [6.07, 6.45) is -0.171. The smallest absolute Gasteiger partial charge is 0.322 e. The van der Waals surface area contributed by atoms with Gasteiger partial charge in [-0.1, -0.05) is 0 Å². The Hall–Kier alpha value is -0.370. The summed E-state index contributed by atoms with van der Waals surface area (Å²) in [7, 11) is 0. The Kier molecular flexibility index (Phi) is 5.35.